The number of fused-ring (bicyclic) bond motifs is 1. The van der Waals surface area contributed by atoms with Crippen LogP contribution in [0.5, 0.6) is 0 Å². The van der Waals surface area contributed by atoms with E-state index in [1.165, 1.54) is 5.56 Å². The van der Waals surface area contributed by atoms with Gasteiger partial charge in [0.1, 0.15) is 22.9 Å². The van der Waals surface area contributed by atoms with E-state index in [9.17, 15) is 9.59 Å². The summed E-state index contributed by atoms with van der Waals surface area (Å²) in [7, 11) is 3.67. The van der Waals surface area contributed by atoms with Gasteiger partial charge in [0.05, 0.1) is 12.6 Å². The maximum absolute atomic E-state index is 13.3. The van der Waals surface area contributed by atoms with Crippen LogP contribution in [-0.2, 0) is 9.53 Å². The predicted octanol–water partition coefficient (Wildman–Crippen LogP) is 5.46. The molecule has 1 aliphatic rings. The maximum Gasteiger partial charge on any atom is 0.255 e. The number of likely N-dealkylation sites (N-methyl/N-ethyl adjacent to an activating group) is 1. The first-order valence-corrected chi connectivity index (χ1v) is 15.5. The maximum atomic E-state index is 13.3. The second kappa shape index (κ2) is 14.0. The molecule has 3 N–H and O–H groups in total. The van der Waals surface area contributed by atoms with Crippen molar-refractivity contribution >= 4 is 28.8 Å². The van der Waals surface area contributed by atoms with Crippen LogP contribution in [0.4, 0.5) is 11.5 Å². The number of imidazole rings is 1. The molecule has 236 valence electrons. The number of anilines is 2. The summed E-state index contributed by atoms with van der Waals surface area (Å²) in [5, 5.41) is 3.03. The number of carbonyl (C=O) groups excluding carboxylic acids is 2. The summed E-state index contributed by atoms with van der Waals surface area (Å²) in [6.45, 7) is 9.09. The molecular weight excluding hydrogens is 566 g/mol. The average molecular weight is 610 g/mol. The van der Waals surface area contributed by atoms with Crippen LogP contribution in [-0.4, -0.2) is 76.4 Å². The van der Waals surface area contributed by atoms with Crippen molar-refractivity contribution in [3.63, 3.8) is 0 Å². The first-order valence-electron chi connectivity index (χ1n) is 15.5. The van der Waals surface area contributed by atoms with Gasteiger partial charge >= 0.3 is 0 Å². The molecule has 1 atom stereocenters. The zero-order chi connectivity index (χ0) is 32.1. The standard InChI is InChI=1S/C35H43N7O3/c1-23(2)28-14-13-27(21-24(28)3)38-35(44)26-10-6-9-25(22-26)31-32-33(36)37-15-18-42(32)34(39-31)29-11-7-17-41(29)30(43)12-8-16-40(4)19-20-45-5/h6,8-10,12-15,18,21-23,29H,7,11,16-17,19-20H2,1-5H3,(H2,36,37)(H,38,44)/b12-8+/t29-/m0/s1. The van der Waals surface area contributed by atoms with Crippen LogP contribution in [0.2, 0.25) is 0 Å². The summed E-state index contributed by atoms with van der Waals surface area (Å²) >= 11 is 0. The summed E-state index contributed by atoms with van der Waals surface area (Å²) < 4.78 is 7.07. The zero-order valence-corrected chi connectivity index (χ0v) is 26.8. The fourth-order valence-corrected chi connectivity index (χ4v) is 6.00. The lowest BCUT2D eigenvalue weighted by Gasteiger charge is -2.22. The fraction of sp³-hybridized carbons (Fsp3) is 0.371. The highest BCUT2D eigenvalue weighted by Crippen LogP contribution is 2.36. The lowest BCUT2D eigenvalue weighted by molar-refractivity contribution is -0.127. The number of hydrogen-bond donors (Lipinski definition) is 2. The smallest absolute Gasteiger partial charge is 0.255 e. The molecule has 2 amide bonds. The minimum Gasteiger partial charge on any atom is -0.383 e. The van der Waals surface area contributed by atoms with Gasteiger partial charge in [-0.15, -0.1) is 0 Å². The number of carbonyl (C=O) groups is 2. The number of rotatable bonds is 11. The molecule has 0 spiro atoms. The van der Waals surface area contributed by atoms with Gasteiger partial charge in [-0.3, -0.25) is 14.0 Å². The summed E-state index contributed by atoms with van der Waals surface area (Å²) in [5.41, 5.74) is 12.1. The number of nitrogen functional groups attached to an aromatic ring is 1. The van der Waals surface area contributed by atoms with Crippen molar-refractivity contribution in [2.45, 2.75) is 45.6 Å². The molecule has 0 bridgehead atoms. The molecule has 0 aliphatic carbocycles. The monoisotopic (exact) mass is 609 g/mol. The number of ether oxygens (including phenoxy) is 1. The first-order chi connectivity index (χ1) is 21.7. The Hall–Kier alpha value is -4.54. The number of amides is 2. The average Bonchev–Trinajstić information content (AvgIpc) is 3.66. The number of hydrogen-bond acceptors (Lipinski definition) is 7. The molecule has 2 aromatic carbocycles. The normalized spacial score (nSPS) is 15.2. The third-order valence-corrected chi connectivity index (χ3v) is 8.35. The highest BCUT2D eigenvalue weighted by molar-refractivity contribution is 6.05. The summed E-state index contributed by atoms with van der Waals surface area (Å²) in [5.74, 6) is 1.20. The van der Waals surface area contributed by atoms with E-state index in [0.717, 1.165) is 42.0 Å². The number of nitrogens with one attached hydrogen (secondary N) is 1. The molecule has 2 aromatic heterocycles. The van der Waals surface area contributed by atoms with Crippen molar-refractivity contribution in [1.82, 2.24) is 24.2 Å². The number of likely N-dealkylation sites (tertiary alicyclic amines) is 1. The van der Waals surface area contributed by atoms with Gasteiger partial charge in [0, 0.05) is 62.0 Å². The second-order valence-electron chi connectivity index (χ2n) is 12.0. The van der Waals surface area contributed by atoms with Crippen LogP contribution < -0.4 is 11.1 Å². The van der Waals surface area contributed by atoms with Crippen molar-refractivity contribution in [2.75, 3.05) is 51.4 Å². The van der Waals surface area contributed by atoms with Gasteiger partial charge in [0.15, 0.2) is 0 Å². The molecule has 3 heterocycles. The molecular formula is C35H43N7O3. The Labute approximate surface area is 264 Å². The Bertz CT molecular complexity index is 1710. The molecule has 4 aromatic rings. The molecule has 10 heteroatoms. The highest BCUT2D eigenvalue weighted by Gasteiger charge is 2.33. The van der Waals surface area contributed by atoms with Gasteiger partial charge in [-0.25, -0.2) is 9.97 Å². The molecule has 1 saturated heterocycles. The molecule has 0 unspecified atom stereocenters. The number of methoxy groups -OCH3 is 1. The Kier molecular flexibility index (Phi) is 9.95. The van der Waals surface area contributed by atoms with Crippen molar-refractivity contribution in [3.8, 4) is 11.3 Å². The van der Waals surface area contributed by atoms with Gasteiger partial charge in [0.2, 0.25) is 5.91 Å². The molecule has 1 aliphatic heterocycles. The Morgan fingerprint density at radius 2 is 2.04 bits per heavy atom. The second-order valence-corrected chi connectivity index (χ2v) is 12.0. The van der Waals surface area contributed by atoms with Crippen LogP contribution in [0, 0.1) is 6.92 Å². The molecule has 0 radical (unpaired) electrons. The third kappa shape index (κ3) is 7.08. The van der Waals surface area contributed by atoms with Crippen LogP contribution in [0.15, 0.2) is 67.0 Å². The van der Waals surface area contributed by atoms with Crippen molar-refractivity contribution in [1.29, 1.82) is 0 Å². The van der Waals surface area contributed by atoms with E-state index in [2.05, 4.69) is 42.0 Å². The Morgan fingerprint density at radius 1 is 1.22 bits per heavy atom. The van der Waals surface area contributed by atoms with Crippen molar-refractivity contribution < 1.29 is 14.3 Å². The van der Waals surface area contributed by atoms with Crippen LogP contribution in [0.1, 0.15) is 66.0 Å². The van der Waals surface area contributed by atoms with Crippen molar-refractivity contribution in [2.24, 2.45) is 0 Å². The Balaban J connectivity index is 1.41. The lowest BCUT2D eigenvalue weighted by Crippen LogP contribution is -2.30. The van der Waals surface area contributed by atoms with E-state index in [1.807, 2.05) is 59.0 Å². The predicted molar refractivity (Wildman–Crippen MR) is 178 cm³/mol. The van der Waals surface area contributed by atoms with E-state index in [1.54, 1.807) is 25.4 Å². The van der Waals surface area contributed by atoms with E-state index in [0.29, 0.717) is 48.2 Å². The molecule has 5 rings (SSSR count). The molecule has 45 heavy (non-hydrogen) atoms. The summed E-state index contributed by atoms with van der Waals surface area (Å²) in [6.07, 6.45) is 8.67. The van der Waals surface area contributed by atoms with E-state index in [4.69, 9.17) is 15.5 Å². The minimum absolute atomic E-state index is 0.0479. The molecule has 0 saturated carbocycles. The third-order valence-electron chi connectivity index (χ3n) is 8.35. The number of aromatic nitrogens is 3. The molecule has 1 fully saturated rings. The first kappa shape index (κ1) is 31.9. The zero-order valence-electron chi connectivity index (χ0n) is 26.8. The van der Waals surface area contributed by atoms with Crippen LogP contribution in [0.25, 0.3) is 16.8 Å². The minimum atomic E-state index is -0.222. The number of aryl methyl sites for hydroxylation is 1. The van der Waals surface area contributed by atoms with Gasteiger partial charge in [-0.2, -0.15) is 0 Å². The molecule has 10 nitrogen and oxygen atoms in total. The van der Waals surface area contributed by atoms with Gasteiger partial charge in [-0.1, -0.05) is 38.1 Å². The van der Waals surface area contributed by atoms with Crippen LogP contribution in [0.3, 0.4) is 0 Å². The number of benzene rings is 2. The van der Waals surface area contributed by atoms with Crippen LogP contribution >= 0.6 is 0 Å². The van der Waals surface area contributed by atoms with Gasteiger partial charge in [-0.05, 0) is 68.1 Å². The van der Waals surface area contributed by atoms with E-state index >= 15 is 0 Å². The summed E-state index contributed by atoms with van der Waals surface area (Å²) in [4.78, 5) is 40.0. The lowest BCUT2D eigenvalue weighted by atomic mass is 9.97. The van der Waals surface area contributed by atoms with Crippen molar-refractivity contribution in [3.05, 3.63) is 89.5 Å². The Morgan fingerprint density at radius 3 is 2.80 bits per heavy atom. The summed E-state index contributed by atoms with van der Waals surface area (Å²) in [6, 6.07) is 13.1. The number of nitrogens with two attached hydrogens (primary N) is 1. The van der Waals surface area contributed by atoms with Gasteiger partial charge < -0.3 is 25.6 Å². The quantitative estimate of drug-likeness (QED) is 0.217. The largest absolute Gasteiger partial charge is 0.383 e. The van der Waals surface area contributed by atoms with E-state index < -0.39 is 0 Å². The van der Waals surface area contributed by atoms with E-state index in [-0.39, 0.29) is 17.9 Å². The topological polar surface area (TPSA) is 118 Å². The number of nitrogens with zero attached hydrogens (tertiary/aromatic N) is 5. The SMILES string of the molecule is COCCN(C)C/C=C/C(=O)N1CCC[C@H]1c1nc(-c2cccc(C(=O)Nc3ccc(C(C)C)c(C)c3)c2)c2c(N)nccn12. The van der Waals surface area contributed by atoms with Gasteiger partial charge in [0.25, 0.3) is 5.91 Å². The fourth-order valence-electron chi connectivity index (χ4n) is 6.00. The highest BCUT2D eigenvalue weighted by atomic mass is 16.5.